The van der Waals surface area contributed by atoms with E-state index in [9.17, 15) is 0 Å². The zero-order valence-electron chi connectivity index (χ0n) is 23.0. The van der Waals surface area contributed by atoms with Gasteiger partial charge in [0.1, 0.15) is 23.1 Å². The van der Waals surface area contributed by atoms with Crippen LogP contribution in [0.4, 0.5) is 0 Å². The van der Waals surface area contributed by atoms with Crippen LogP contribution in [0, 0.1) is 0 Å². The molecule has 7 nitrogen and oxygen atoms in total. The Bertz CT molecular complexity index is 1740. The molecule has 2 fully saturated rings. The van der Waals surface area contributed by atoms with E-state index in [1.807, 2.05) is 6.20 Å². The van der Waals surface area contributed by atoms with Crippen molar-refractivity contribution in [3.8, 4) is 34.0 Å². The number of imidazole rings is 2. The van der Waals surface area contributed by atoms with Gasteiger partial charge in [0.25, 0.3) is 0 Å². The summed E-state index contributed by atoms with van der Waals surface area (Å²) in [6.45, 7) is 6.69. The van der Waals surface area contributed by atoms with E-state index in [0.717, 1.165) is 76.8 Å². The minimum atomic E-state index is -0.212. The van der Waals surface area contributed by atoms with Gasteiger partial charge in [-0.1, -0.05) is 32.0 Å². The van der Waals surface area contributed by atoms with Gasteiger partial charge in [0.05, 0.1) is 29.0 Å². The summed E-state index contributed by atoms with van der Waals surface area (Å²) in [7, 11) is 0. The number of benzene rings is 3. The molecule has 3 aliphatic rings. The number of nitrogens with one attached hydrogen (secondary N) is 4. The van der Waals surface area contributed by atoms with Crippen molar-refractivity contribution < 1.29 is 4.74 Å². The van der Waals surface area contributed by atoms with Gasteiger partial charge < -0.3 is 25.3 Å². The standard InChI is InChI=1S/C33H34N6O/c1-33(2)22-10-7-20(19-8-11-25-27(16-19)38-32(37-25)26-6-4-14-35-26)17-30(22)40-29-12-9-21(15-23(29)33)31-36-18-28(39-31)24-5-3-13-34-24/h7-12,15-18,24,26,34-35H,3-6,13-14H2,1-2H3,(H,36,39)(H,37,38). The van der Waals surface area contributed by atoms with Gasteiger partial charge in [0.15, 0.2) is 0 Å². The smallest absolute Gasteiger partial charge is 0.137 e. The van der Waals surface area contributed by atoms with Crippen LogP contribution in [0.2, 0.25) is 0 Å². The van der Waals surface area contributed by atoms with E-state index in [0.29, 0.717) is 12.1 Å². The molecule has 2 unspecified atom stereocenters. The third-order valence-electron chi connectivity index (χ3n) is 9.06. The monoisotopic (exact) mass is 530 g/mol. The van der Waals surface area contributed by atoms with Crippen LogP contribution in [0.3, 0.4) is 0 Å². The number of H-pyrrole nitrogens is 2. The molecule has 2 saturated heterocycles. The topological polar surface area (TPSA) is 90.7 Å². The first kappa shape index (κ1) is 23.9. The molecule has 2 aromatic heterocycles. The van der Waals surface area contributed by atoms with Gasteiger partial charge in [-0.15, -0.1) is 0 Å². The average Bonchev–Trinajstić information content (AvgIpc) is 3.79. The number of nitrogens with zero attached hydrogens (tertiary/aromatic N) is 2. The lowest BCUT2D eigenvalue weighted by molar-refractivity contribution is 0.418. The molecule has 0 saturated carbocycles. The summed E-state index contributed by atoms with van der Waals surface area (Å²) < 4.78 is 6.54. The highest BCUT2D eigenvalue weighted by molar-refractivity contribution is 5.83. The Morgan fingerprint density at radius 1 is 0.775 bits per heavy atom. The first-order valence-corrected chi connectivity index (χ1v) is 14.5. The highest BCUT2D eigenvalue weighted by Crippen LogP contribution is 2.49. The summed E-state index contributed by atoms with van der Waals surface area (Å²) in [6, 6.07) is 20.2. The molecule has 4 N–H and O–H groups in total. The molecule has 3 aromatic carbocycles. The highest BCUT2D eigenvalue weighted by Gasteiger charge is 2.35. The largest absolute Gasteiger partial charge is 0.457 e. The second kappa shape index (κ2) is 9.04. The van der Waals surface area contributed by atoms with E-state index in [2.05, 4.69) is 89.0 Å². The number of hydrogen-bond donors (Lipinski definition) is 4. The fourth-order valence-electron chi connectivity index (χ4n) is 6.72. The van der Waals surface area contributed by atoms with Gasteiger partial charge in [-0.3, -0.25) is 0 Å². The molecule has 3 aliphatic heterocycles. The Morgan fingerprint density at radius 2 is 1.55 bits per heavy atom. The highest BCUT2D eigenvalue weighted by atomic mass is 16.5. The van der Waals surface area contributed by atoms with Crippen LogP contribution >= 0.6 is 0 Å². The van der Waals surface area contributed by atoms with Crippen LogP contribution in [0.5, 0.6) is 11.5 Å². The second-order valence-corrected chi connectivity index (χ2v) is 12.0. The third kappa shape index (κ3) is 3.87. The van der Waals surface area contributed by atoms with Crippen LogP contribution in [-0.2, 0) is 5.41 Å². The zero-order chi connectivity index (χ0) is 26.8. The van der Waals surface area contributed by atoms with Crippen LogP contribution < -0.4 is 15.4 Å². The van der Waals surface area contributed by atoms with Gasteiger partial charge in [0, 0.05) is 28.1 Å². The minimum Gasteiger partial charge on any atom is -0.457 e. The van der Waals surface area contributed by atoms with E-state index in [1.54, 1.807) is 0 Å². The van der Waals surface area contributed by atoms with Crippen LogP contribution in [-0.4, -0.2) is 33.0 Å². The SMILES string of the molecule is CC1(C)c2ccc(-c3ccc4nc(C5CCCN5)[nH]c4c3)cc2Oc2ccc(-c3ncc(C4CCCN4)[nH]3)cc21. The number of aromatic nitrogens is 4. The van der Waals surface area contributed by atoms with Crippen molar-refractivity contribution in [1.29, 1.82) is 0 Å². The zero-order valence-corrected chi connectivity index (χ0v) is 23.0. The molecule has 0 bridgehead atoms. The lowest BCUT2D eigenvalue weighted by Crippen LogP contribution is -2.24. The molecule has 5 aromatic rings. The molecule has 0 amide bonds. The summed E-state index contributed by atoms with van der Waals surface area (Å²) >= 11 is 0. The van der Waals surface area contributed by atoms with Crippen LogP contribution in [0.25, 0.3) is 33.5 Å². The lowest BCUT2D eigenvalue weighted by atomic mass is 9.75. The Labute approximate surface area is 233 Å². The Balaban J connectivity index is 1.10. The molecule has 0 spiro atoms. The fraction of sp³-hybridized carbons (Fsp3) is 0.333. The average molecular weight is 531 g/mol. The number of aromatic amines is 2. The van der Waals surface area contributed by atoms with Crippen LogP contribution in [0.15, 0.2) is 60.8 Å². The van der Waals surface area contributed by atoms with E-state index >= 15 is 0 Å². The van der Waals surface area contributed by atoms with Crippen molar-refractivity contribution in [3.63, 3.8) is 0 Å². The van der Waals surface area contributed by atoms with Gasteiger partial charge in [-0.2, -0.15) is 0 Å². The molecule has 8 rings (SSSR count). The number of hydrogen-bond acceptors (Lipinski definition) is 5. The third-order valence-corrected chi connectivity index (χ3v) is 9.06. The molecular weight excluding hydrogens is 496 g/mol. The van der Waals surface area contributed by atoms with Gasteiger partial charge in [-0.25, -0.2) is 9.97 Å². The molecule has 5 heterocycles. The van der Waals surface area contributed by atoms with Gasteiger partial charge >= 0.3 is 0 Å². The first-order valence-electron chi connectivity index (χ1n) is 14.5. The van der Waals surface area contributed by atoms with Crippen molar-refractivity contribution in [1.82, 2.24) is 30.6 Å². The molecule has 0 aliphatic carbocycles. The normalized spacial score (nSPS) is 21.4. The molecule has 2 atom stereocenters. The predicted octanol–water partition coefficient (Wildman–Crippen LogP) is 6.90. The summed E-state index contributed by atoms with van der Waals surface area (Å²) in [4.78, 5) is 16.7. The van der Waals surface area contributed by atoms with Gasteiger partial charge in [-0.05, 0) is 86.3 Å². The van der Waals surface area contributed by atoms with Crippen molar-refractivity contribution >= 4 is 11.0 Å². The lowest BCUT2D eigenvalue weighted by Gasteiger charge is -2.35. The van der Waals surface area contributed by atoms with E-state index in [-0.39, 0.29) is 5.41 Å². The van der Waals surface area contributed by atoms with Crippen LogP contribution in [0.1, 0.15) is 74.3 Å². The second-order valence-electron chi connectivity index (χ2n) is 12.0. The van der Waals surface area contributed by atoms with E-state index in [1.165, 1.54) is 29.7 Å². The Morgan fingerprint density at radius 3 is 2.38 bits per heavy atom. The number of fused-ring (bicyclic) bond motifs is 3. The van der Waals surface area contributed by atoms with Gasteiger partial charge in [0.2, 0.25) is 0 Å². The molecular formula is C33H34N6O. The van der Waals surface area contributed by atoms with Crippen molar-refractivity contribution in [3.05, 3.63) is 83.4 Å². The number of rotatable bonds is 4. The maximum absolute atomic E-state index is 6.54. The Hall–Kier alpha value is -3.94. The molecule has 7 heteroatoms. The quantitative estimate of drug-likeness (QED) is 0.203. The molecule has 40 heavy (non-hydrogen) atoms. The summed E-state index contributed by atoms with van der Waals surface area (Å²) in [5.41, 5.74) is 8.77. The fourth-order valence-corrected chi connectivity index (χ4v) is 6.72. The van der Waals surface area contributed by atoms with E-state index < -0.39 is 0 Å². The summed E-state index contributed by atoms with van der Waals surface area (Å²) in [5.74, 6) is 3.76. The minimum absolute atomic E-state index is 0.212. The molecule has 202 valence electrons. The number of ether oxygens (including phenoxy) is 1. The van der Waals surface area contributed by atoms with Crippen molar-refractivity contribution in [2.45, 2.75) is 57.0 Å². The van der Waals surface area contributed by atoms with Crippen molar-refractivity contribution in [2.24, 2.45) is 0 Å². The summed E-state index contributed by atoms with van der Waals surface area (Å²) in [6.07, 6.45) is 6.67. The van der Waals surface area contributed by atoms with E-state index in [4.69, 9.17) is 14.7 Å². The van der Waals surface area contributed by atoms with Crippen molar-refractivity contribution in [2.75, 3.05) is 13.1 Å². The maximum Gasteiger partial charge on any atom is 0.137 e. The molecule has 0 radical (unpaired) electrons. The maximum atomic E-state index is 6.54. The summed E-state index contributed by atoms with van der Waals surface area (Å²) in [5, 5.41) is 7.09. The predicted molar refractivity (Wildman–Crippen MR) is 158 cm³/mol. The first-order chi connectivity index (χ1) is 19.5. The Kier molecular flexibility index (Phi) is 5.41.